The molecule has 6 heteroatoms. The van der Waals surface area contributed by atoms with Crippen LogP contribution in [-0.2, 0) is 4.79 Å². The summed E-state index contributed by atoms with van der Waals surface area (Å²) in [5.41, 5.74) is 2.87. The van der Waals surface area contributed by atoms with E-state index in [1.165, 1.54) is 11.8 Å². The zero-order chi connectivity index (χ0) is 18.5. The van der Waals surface area contributed by atoms with Gasteiger partial charge in [0.15, 0.2) is 5.16 Å². The summed E-state index contributed by atoms with van der Waals surface area (Å²) in [6.45, 7) is 3.92. The number of carbonyl (C=O) groups excluding carboxylic acids is 1. The number of hydrogen-bond acceptors (Lipinski definition) is 4. The first-order valence-corrected chi connectivity index (χ1v) is 9.18. The molecule has 0 radical (unpaired) electrons. The van der Waals surface area contributed by atoms with Crippen LogP contribution in [0.4, 0.5) is 5.69 Å². The third kappa shape index (κ3) is 3.91. The van der Waals surface area contributed by atoms with Crippen LogP contribution in [0.3, 0.4) is 0 Å². The Hall–Kier alpha value is -2.73. The summed E-state index contributed by atoms with van der Waals surface area (Å²) >= 11 is 1.42. The Kier molecular flexibility index (Phi) is 5.63. The van der Waals surface area contributed by atoms with Gasteiger partial charge in [0, 0.05) is 12.4 Å². The molecule has 1 amide bonds. The molecule has 0 spiro atoms. The fourth-order valence-electron chi connectivity index (χ4n) is 2.59. The van der Waals surface area contributed by atoms with E-state index < -0.39 is 0 Å². The van der Waals surface area contributed by atoms with Crippen LogP contribution in [-0.4, -0.2) is 27.8 Å². The minimum absolute atomic E-state index is 0.0983. The highest BCUT2D eigenvalue weighted by atomic mass is 32.2. The van der Waals surface area contributed by atoms with Crippen LogP contribution in [0, 0.1) is 6.92 Å². The first kappa shape index (κ1) is 18.1. The van der Waals surface area contributed by atoms with Gasteiger partial charge in [-0.1, -0.05) is 42.1 Å². The molecule has 2 aromatic carbocycles. The van der Waals surface area contributed by atoms with Gasteiger partial charge in [0.05, 0.1) is 23.7 Å². The van der Waals surface area contributed by atoms with Crippen molar-refractivity contribution >= 4 is 23.4 Å². The molecule has 0 aliphatic rings. The van der Waals surface area contributed by atoms with Crippen molar-refractivity contribution in [3.05, 3.63) is 66.5 Å². The molecule has 0 bridgehead atoms. The Morgan fingerprint density at radius 1 is 1.19 bits per heavy atom. The van der Waals surface area contributed by atoms with Gasteiger partial charge in [-0.15, -0.1) is 0 Å². The summed E-state index contributed by atoms with van der Waals surface area (Å²) in [7, 11) is 1.59. The van der Waals surface area contributed by atoms with E-state index in [1.54, 1.807) is 13.3 Å². The van der Waals surface area contributed by atoms with E-state index in [-0.39, 0.29) is 11.2 Å². The Labute approximate surface area is 157 Å². The lowest BCUT2D eigenvalue weighted by Crippen LogP contribution is -2.23. The van der Waals surface area contributed by atoms with Crippen molar-refractivity contribution in [3.8, 4) is 11.4 Å². The van der Waals surface area contributed by atoms with Crippen molar-refractivity contribution in [2.75, 3.05) is 12.4 Å². The number of nitrogens with one attached hydrogen (secondary N) is 1. The highest BCUT2D eigenvalue weighted by Gasteiger charge is 2.19. The number of hydrogen-bond donors (Lipinski definition) is 1. The molecule has 26 heavy (non-hydrogen) atoms. The molecule has 1 unspecified atom stereocenters. The lowest BCUT2D eigenvalue weighted by Gasteiger charge is -2.15. The van der Waals surface area contributed by atoms with E-state index in [2.05, 4.69) is 23.3 Å². The summed E-state index contributed by atoms with van der Waals surface area (Å²) in [5, 5.41) is 3.39. The molecule has 0 saturated carbocycles. The largest absolute Gasteiger partial charge is 0.495 e. The number of thioether (sulfide) groups is 1. The summed E-state index contributed by atoms with van der Waals surface area (Å²) < 4.78 is 7.29. The quantitative estimate of drug-likeness (QED) is 0.660. The molecule has 0 saturated heterocycles. The molecule has 5 nitrogen and oxygen atoms in total. The maximum absolute atomic E-state index is 12.6. The van der Waals surface area contributed by atoms with E-state index in [0.29, 0.717) is 11.4 Å². The molecule has 134 valence electrons. The number of imidazole rings is 1. The third-order valence-electron chi connectivity index (χ3n) is 4.00. The normalized spacial score (nSPS) is 11.8. The second-order valence-electron chi connectivity index (χ2n) is 5.82. The number of methoxy groups -OCH3 is 1. The third-order valence-corrected chi connectivity index (χ3v) is 5.08. The van der Waals surface area contributed by atoms with Gasteiger partial charge in [-0.05, 0) is 37.6 Å². The average Bonchev–Trinajstić information content (AvgIpc) is 3.10. The summed E-state index contributed by atoms with van der Waals surface area (Å²) in [6, 6.07) is 15.5. The Balaban J connectivity index is 1.75. The van der Waals surface area contributed by atoms with Crippen LogP contribution in [0.1, 0.15) is 12.5 Å². The minimum Gasteiger partial charge on any atom is -0.495 e. The second kappa shape index (κ2) is 8.10. The number of ether oxygens (including phenoxy) is 1. The lowest BCUT2D eigenvalue weighted by molar-refractivity contribution is -0.115. The van der Waals surface area contributed by atoms with E-state index in [9.17, 15) is 4.79 Å². The molecule has 0 aliphatic heterocycles. The molecule has 3 aromatic rings. The summed E-state index contributed by atoms with van der Waals surface area (Å²) in [4.78, 5) is 17.0. The molecule has 1 N–H and O–H groups in total. The highest BCUT2D eigenvalue weighted by molar-refractivity contribution is 8.00. The predicted molar refractivity (Wildman–Crippen MR) is 105 cm³/mol. The van der Waals surface area contributed by atoms with Crippen LogP contribution in [0.2, 0.25) is 0 Å². The fourth-order valence-corrected chi connectivity index (χ4v) is 3.46. The number of aryl methyl sites for hydroxylation is 1. The molecular weight excluding hydrogens is 346 g/mol. The van der Waals surface area contributed by atoms with E-state index >= 15 is 0 Å². The second-order valence-corrected chi connectivity index (χ2v) is 7.12. The van der Waals surface area contributed by atoms with Crippen molar-refractivity contribution in [2.24, 2.45) is 0 Å². The van der Waals surface area contributed by atoms with Crippen LogP contribution in [0.25, 0.3) is 5.69 Å². The minimum atomic E-state index is -0.315. The highest BCUT2D eigenvalue weighted by Crippen LogP contribution is 2.28. The van der Waals surface area contributed by atoms with Gasteiger partial charge in [0.25, 0.3) is 0 Å². The van der Waals surface area contributed by atoms with Gasteiger partial charge in [-0.3, -0.25) is 9.36 Å². The van der Waals surface area contributed by atoms with E-state index in [4.69, 9.17) is 4.74 Å². The smallest absolute Gasteiger partial charge is 0.237 e. The number of rotatable bonds is 6. The van der Waals surface area contributed by atoms with Gasteiger partial charge in [-0.25, -0.2) is 4.98 Å². The maximum atomic E-state index is 12.6. The van der Waals surface area contributed by atoms with Crippen molar-refractivity contribution in [2.45, 2.75) is 24.3 Å². The number of aromatic nitrogens is 2. The first-order chi connectivity index (χ1) is 12.6. The van der Waals surface area contributed by atoms with Crippen molar-refractivity contribution < 1.29 is 9.53 Å². The molecule has 1 atom stereocenters. The van der Waals surface area contributed by atoms with Gasteiger partial charge < -0.3 is 10.1 Å². The monoisotopic (exact) mass is 367 g/mol. The summed E-state index contributed by atoms with van der Waals surface area (Å²) in [5.74, 6) is 0.540. The zero-order valence-corrected chi connectivity index (χ0v) is 15.8. The molecule has 1 aromatic heterocycles. The van der Waals surface area contributed by atoms with Gasteiger partial charge in [-0.2, -0.15) is 0 Å². The summed E-state index contributed by atoms with van der Waals surface area (Å²) in [6.07, 6.45) is 3.66. The Morgan fingerprint density at radius 3 is 2.69 bits per heavy atom. The zero-order valence-electron chi connectivity index (χ0n) is 15.0. The molecule has 3 rings (SSSR count). The first-order valence-electron chi connectivity index (χ1n) is 8.30. The molecule has 0 aliphatic carbocycles. The SMILES string of the molecule is COc1ccccc1NC(=O)C(C)Sc1nccn1-c1ccccc1C. The van der Waals surface area contributed by atoms with Crippen molar-refractivity contribution in [3.63, 3.8) is 0 Å². The Bertz CT molecular complexity index is 907. The topological polar surface area (TPSA) is 56.1 Å². The number of anilines is 1. The van der Waals surface area contributed by atoms with Crippen LogP contribution < -0.4 is 10.1 Å². The number of nitrogens with zero attached hydrogens (tertiary/aromatic N) is 2. The number of benzene rings is 2. The van der Waals surface area contributed by atoms with Crippen molar-refractivity contribution in [1.82, 2.24) is 9.55 Å². The lowest BCUT2D eigenvalue weighted by atomic mass is 10.2. The van der Waals surface area contributed by atoms with Crippen molar-refractivity contribution in [1.29, 1.82) is 0 Å². The maximum Gasteiger partial charge on any atom is 0.237 e. The average molecular weight is 367 g/mol. The fraction of sp³-hybridized carbons (Fsp3) is 0.200. The van der Waals surface area contributed by atoms with Crippen LogP contribution >= 0.6 is 11.8 Å². The standard InChI is InChI=1S/C20H21N3O2S/c1-14-8-4-6-10-17(14)23-13-12-21-20(23)26-15(2)19(24)22-16-9-5-7-11-18(16)25-3/h4-13,15H,1-3H3,(H,22,24). The van der Waals surface area contributed by atoms with Gasteiger partial charge >= 0.3 is 0 Å². The molecule has 1 heterocycles. The Morgan fingerprint density at radius 2 is 1.92 bits per heavy atom. The number of para-hydroxylation sites is 3. The molecular formula is C20H21N3O2S. The predicted octanol–water partition coefficient (Wildman–Crippen LogP) is 4.31. The van der Waals surface area contributed by atoms with Crippen LogP contribution in [0.5, 0.6) is 5.75 Å². The van der Waals surface area contributed by atoms with E-state index in [0.717, 1.165) is 16.4 Å². The van der Waals surface area contributed by atoms with E-state index in [1.807, 2.05) is 60.2 Å². The number of amides is 1. The van der Waals surface area contributed by atoms with Crippen LogP contribution in [0.15, 0.2) is 66.1 Å². The molecule has 0 fully saturated rings. The number of carbonyl (C=O) groups is 1. The van der Waals surface area contributed by atoms with Gasteiger partial charge in [0.1, 0.15) is 5.75 Å². The van der Waals surface area contributed by atoms with Gasteiger partial charge in [0.2, 0.25) is 5.91 Å².